The van der Waals surface area contributed by atoms with Crippen LogP contribution in [0, 0.1) is 3.57 Å². The fourth-order valence-corrected chi connectivity index (χ4v) is 2.36. The third-order valence-electron chi connectivity index (χ3n) is 2.21. The van der Waals surface area contributed by atoms with Crippen molar-refractivity contribution in [3.05, 3.63) is 20.2 Å². The van der Waals surface area contributed by atoms with Gasteiger partial charge in [-0.1, -0.05) is 25.4 Å². The van der Waals surface area contributed by atoms with Crippen LogP contribution in [0.15, 0.2) is 0 Å². The SMILES string of the molecule is CC(C)c1nc(CCN(C)C)nc(Cl)c1I. The molecule has 16 heavy (non-hydrogen) atoms. The standard InChI is InChI=1S/C11H17ClIN3/c1-7(2)10-9(13)11(12)15-8(14-10)5-6-16(3)4/h7H,5-6H2,1-4H3. The normalized spacial score (nSPS) is 11.5. The molecule has 0 aliphatic carbocycles. The Balaban J connectivity index is 2.95. The van der Waals surface area contributed by atoms with E-state index < -0.39 is 0 Å². The molecule has 0 aliphatic heterocycles. The lowest BCUT2D eigenvalue weighted by Gasteiger charge is -2.12. The minimum atomic E-state index is 0.380. The van der Waals surface area contributed by atoms with Gasteiger partial charge >= 0.3 is 0 Å². The van der Waals surface area contributed by atoms with Crippen molar-refractivity contribution in [2.45, 2.75) is 26.2 Å². The Morgan fingerprint density at radius 2 is 1.94 bits per heavy atom. The third-order valence-corrected chi connectivity index (χ3v) is 3.87. The number of rotatable bonds is 4. The van der Waals surface area contributed by atoms with E-state index in [1.807, 2.05) is 14.1 Å². The van der Waals surface area contributed by atoms with E-state index in [4.69, 9.17) is 11.6 Å². The van der Waals surface area contributed by atoms with Gasteiger partial charge in [0.2, 0.25) is 0 Å². The summed E-state index contributed by atoms with van der Waals surface area (Å²) in [5.74, 6) is 1.22. The van der Waals surface area contributed by atoms with Crippen molar-refractivity contribution in [2.75, 3.05) is 20.6 Å². The van der Waals surface area contributed by atoms with Gasteiger partial charge in [0.25, 0.3) is 0 Å². The number of likely N-dealkylation sites (N-methyl/N-ethyl adjacent to an activating group) is 1. The van der Waals surface area contributed by atoms with Crippen molar-refractivity contribution < 1.29 is 0 Å². The van der Waals surface area contributed by atoms with Crippen molar-refractivity contribution in [3.63, 3.8) is 0 Å². The molecule has 90 valence electrons. The van der Waals surface area contributed by atoms with Crippen molar-refractivity contribution in [1.29, 1.82) is 0 Å². The van der Waals surface area contributed by atoms with E-state index in [1.54, 1.807) is 0 Å². The van der Waals surface area contributed by atoms with E-state index in [-0.39, 0.29) is 0 Å². The summed E-state index contributed by atoms with van der Waals surface area (Å²) in [5, 5.41) is 0.577. The second-order valence-corrected chi connectivity index (χ2v) is 5.77. The summed E-state index contributed by atoms with van der Waals surface area (Å²) in [5.41, 5.74) is 1.05. The Kier molecular flexibility index (Phi) is 5.40. The molecule has 5 heteroatoms. The molecular weight excluding hydrogens is 336 g/mol. The first-order chi connectivity index (χ1) is 7.41. The fourth-order valence-electron chi connectivity index (χ4n) is 1.30. The largest absolute Gasteiger partial charge is 0.309 e. The van der Waals surface area contributed by atoms with Gasteiger partial charge in [-0.25, -0.2) is 9.97 Å². The van der Waals surface area contributed by atoms with Crippen LogP contribution < -0.4 is 0 Å². The Morgan fingerprint density at radius 3 is 2.44 bits per heavy atom. The molecule has 0 amide bonds. The van der Waals surface area contributed by atoms with E-state index in [0.29, 0.717) is 11.1 Å². The van der Waals surface area contributed by atoms with Gasteiger partial charge in [-0.3, -0.25) is 0 Å². The summed E-state index contributed by atoms with van der Waals surface area (Å²) in [6, 6.07) is 0. The summed E-state index contributed by atoms with van der Waals surface area (Å²) in [4.78, 5) is 11.0. The number of hydrogen-bond donors (Lipinski definition) is 0. The summed E-state index contributed by atoms with van der Waals surface area (Å²) < 4.78 is 0.975. The van der Waals surface area contributed by atoms with Crippen LogP contribution in [-0.2, 0) is 6.42 Å². The Bertz CT molecular complexity index is 366. The topological polar surface area (TPSA) is 29.0 Å². The lowest BCUT2D eigenvalue weighted by Crippen LogP contribution is -2.17. The van der Waals surface area contributed by atoms with Gasteiger partial charge in [0, 0.05) is 13.0 Å². The van der Waals surface area contributed by atoms with Gasteiger partial charge in [-0.05, 0) is 42.6 Å². The number of halogens is 2. The second-order valence-electron chi connectivity index (χ2n) is 4.34. The molecule has 1 aromatic rings. The van der Waals surface area contributed by atoms with Crippen LogP contribution in [0.1, 0.15) is 31.3 Å². The van der Waals surface area contributed by atoms with Crippen LogP contribution in [0.2, 0.25) is 5.15 Å². The predicted octanol–water partition coefficient (Wildman–Crippen LogP) is 2.96. The predicted molar refractivity (Wildman–Crippen MR) is 76.1 cm³/mol. The van der Waals surface area contributed by atoms with Gasteiger partial charge < -0.3 is 4.90 Å². The Morgan fingerprint density at radius 1 is 1.31 bits per heavy atom. The van der Waals surface area contributed by atoms with Crippen LogP contribution in [0.4, 0.5) is 0 Å². The molecule has 0 saturated carbocycles. The zero-order valence-electron chi connectivity index (χ0n) is 10.1. The molecule has 0 spiro atoms. The Hall–Kier alpha value is 0.0600. The highest BCUT2D eigenvalue weighted by Crippen LogP contribution is 2.24. The minimum absolute atomic E-state index is 0.380. The first-order valence-electron chi connectivity index (χ1n) is 5.28. The van der Waals surface area contributed by atoms with Crippen LogP contribution in [0.5, 0.6) is 0 Å². The monoisotopic (exact) mass is 353 g/mol. The minimum Gasteiger partial charge on any atom is -0.309 e. The number of aromatic nitrogens is 2. The first-order valence-corrected chi connectivity index (χ1v) is 6.74. The van der Waals surface area contributed by atoms with Crippen LogP contribution in [-0.4, -0.2) is 35.5 Å². The van der Waals surface area contributed by atoms with Crippen LogP contribution in [0.25, 0.3) is 0 Å². The smallest absolute Gasteiger partial charge is 0.146 e. The van der Waals surface area contributed by atoms with Gasteiger partial charge in [0.1, 0.15) is 11.0 Å². The average molecular weight is 354 g/mol. The van der Waals surface area contributed by atoms with Gasteiger partial charge in [0.05, 0.1) is 9.26 Å². The summed E-state index contributed by atoms with van der Waals surface area (Å²) in [6.45, 7) is 5.18. The van der Waals surface area contributed by atoms with E-state index >= 15 is 0 Å². The summed E-state index contributed by atoms with van der Waals surface area (Å²) >= 11 is 8.32. The number of hydrogen-bond acceptors (Lipinski definition) is 3. The molecule has 0 aromatic carbocycles. The fraction of sp³-hybridized carbons (Fsp3) is 0.636. The number of nitrogens with zero attached hydrogens (tertiary/aromatic N) is 3. The molecule has 0 unspecified atom stereocenters. The lowest BCUT2D eigenvalue weighted by atomic mass is 10.1. The highest BCUT2D eigenvalue weighted by Gasteiger charge is 2.13. The summed E-state index contributed by atoms with van der Waals surface area (Å²) in [6.07, 6.45) is 0.837. The zero-order valence-corrected chi connectivity index (χ0v) is 13.0. The molecule has 1 rings (SSSR count). The molecule has 0 radical (unpaired) electrons. The van der Waals surface area contributed by atoms with E-state index in [0.717, 1.165) is 28.1 Å². The molecule has 0 atom stereocenters. The van der Waals surface area contributed by atoms with Crippen molar-refractivity contribution in [3.8, 4) is 0 Å². The van der Waals surface area contributed by atoms with Crippen LogP contribution in [0.3, 0.4) is 0 Å². The second kappa shape index (κ2) is 6.12. The van der Waals surface area contributed by atoms with E-state index in [1.165, 1.54) is 0 Å². The molecule has 1 aromatic heterocycles. The van der Waals surface area contributed by atoms with Gasteiger partial charge in [-0.15, -0.1) is 0 Å². The highest BCUT2D eigenvalue weighted by molar-refractivity contribution is 14.1. The van der Waals surface area contributed by atoms with Gasteiger partial charge in [0.15, 0.2) is 0 Å². The third kappa shape index (κ3) is 3.82. The lowest BCUT2D eigenvalue weighted by molar-refractivity contribution is 0.409. The first kappa shape index (κ1) is 14.1. The molecule has 1 heterocycles. The average Bonchev–Trinajstić information content (AvgIpc) is 2.19. The molecule has 3 nitrogen and oxygen atoms in total. The molecule has 0 saturated heterocycles. The maximum atomic E-state index is 6.11. The molecular formula is C11H17ClIN3. The van der Waals surface area contributed by atoms with Crippen molar-refractivity contribution in [1.82, 2.24) is 14.9 Å². The van der Waals surface area contributed by atoms with Crippen LogP contribution >= 0.6 is 34.2 Å². The van der Waals surface area contributed by atoms with Crippen molar-refractivity contribution >= 4 is 34.2 Å². The molecule has 0 N–H and O–H groups in total. The zero-order chi connectivity index (χ0) is 12.3. The Labute approximate surface area is 116 Å². The quantitative estimate of drug-likeness (QED) is 0.615. The van der Waals surface area contributed by atoms with Crippen molar-refractivity contribution in [2.24, 2.45) is 0 Å². The molecule has 0 aliphatic rings. The van der Waals surface area contributed by atoms with Gasteiger partial charge in [-0.2, -0.15) is 0 Å². The van der Waals surface area contributed by atoms with E-state index in [2.05, 4.69) is 51.3 Å². The molecule has 0 bridgehead atoms. The molecule has 0 fully saturated rings. The maximum Gasteiger partial charge on any atom is 0.146 e. The summed E-state index contributed by atoms with van der Waals surface area (Å²) in [7, 11) is 4.08. The highest BCUT2D eigenvalue weighted by atomic mass is 127. The van der Waals surface area contributed by atoms with E-state index in [9.17, 15) is 0 Å². The maximum absolute atomic E-state index is 6.11.